The van der Waals surface area contributed by atoms with E-state index in [1.807, 2.05) is 0 Å². The monoisotopic (exact) mass is 662 g/mol. The molecule has 0 unspecified atom stereocenters. The maximum atomic E-state index is 12.3. The van der Waals surface area contributed by atoms with Gasteiger partial charge in [-0.1, -0.05) is 6.07 Å². The highest BCUT2D eigenvalue weighted by atomic mass is 127. The largest absolute Gasteiger partial charge is 0.480 e. The fraction of sp³-hybridized carbons (Fsp3) is 0.190. The number of halogens is 2. The van der Waals surface area contributed by atoms with E-state index < -0.39 is 16.9 Å². The Balaban J connectivity index is 1.86. The van der Waals surface area contributed by atoms with E-state index in [1.165, 1.54) is 6.07 Å². The second-order valence-corrected chi connectivity index (χ2v) is 8.83. The number of carbonyl (C=O) groups is 2. The van der Waals surface area contributed by atoms with Gasteiger partial charge in [0, 0.05) is 17.2 Å². The number of carbonyl (C=O) groups excluding carboxylic acids is 2. The van der Waals surface area contributed by atoms with Crippen molar-refractivity contribution in [1.29, 1.82) is 0 Å². The molecule has 0 saturated carbocycles. The summed E-state index contributed by atoms with van der Waals surface area (Å²) in [5, 5.41) is 11.2. The van der Waals surface area contributed by atoms with Crippen LogP contribution >= 0.6 is 45.2 Å². The lowest BCUT2D eigenvalue weighted by Gasteiger charge is -2.11. The molecule has 1 aliphatic rings. The van der Waals surface area contributed by atoms with Gasteiger partial charge >= 0.3 is 11.9 Å². The molecule has 32 heavy (non-hydrogen) atoms. The van der Waals surface area contributed by atoms with Crippen LogP contribution in [0.5, 0.6) is 5.75 Å². The van der Waals surface area contributed by atoms with Crippen LogP contribution in [0.2, 0.25) is 0 Å². The van der Waals surface area contributed by atoms with Crippen LogP contribution in [0.3, 0.4) is 0 Å². The molecular formula is C21H16I2N2O7. The second kappa shape index (κ2) is 10.4. The third-order valence-corrected chi connectivity index (χ3v) is 5.84. The zero-order valence-electron chi connectivity index (χ0n) is 16.9. The Morgan fingerprint density at radius 1 is 1.25 bits per heavy atom. The predicted molar refractivity (Wildman–Crippen MR) is 132 cm³/mol. The average Bonchev–Trinajstić information content (AvgIpc) is 3.08. The molecule has 0 fully saturated rings. The van der Waals surface area contributed by atoms with E-state index in [4.69, 9.17) is 14.2 Å². The Labute approximate surface area is 210 Å². The van der Waals surface area contributed by atoms with Gasteiger partial charge in [0.05, 0.1) is 18.7 Å². The summed E-state index contributed by atoms with van der Waals surface area (Å²) in [6.45, 7) is 3.41. The van der Waals surface area contributed by atoms with E-state index in [0.29, 0.717) is 22.4 Å². The number of nitrogens with zero attached hydrogens (tertiary/aromatic N) is 2. The van der Waals surface area contributed by atoms with Gasteiger partial charge < -0.3 is 14.2 Å². The molecule has 0 amide bonds. The summed E-state index contributed by atoms with van der Waals surface area (Å²) in [6.07, 6.45) is 1.55. The van der Waals surface area contributed by atoms with Crippen molar-refractivity contribution in [3.63, 3.8) is 0 Å². The Bertz CT molecular complexity index is 1150. The predicted octanol–water partition coefficient (Wildman–Crippen LogP) is 4.40. The van der Waals surface area contributed by atoms with Crippen LogP contribution < -0.4 is 4.74 Å². The molecule has 166 valence electrons. The Kier molecular flexibility index (Phi) is 7.82. The van der Waals surface area contributed by atoms with E-state index in [-0.39, 0.29) is 30.5 Å². The first kappa shape index (κ1) is 24.1. The summed E-state index contributed by atoms with van der Waals surface area (Å²) in [5.41, 5.74) is 1.49. The zero-order chi connectivity index (χ0) is 23.4. The molecule has 0 aromatic heterocycles. The van der Waals surface area contributed by atoms with Crippen molar-refractivity contribution in [2.24, 2.45) is 4.99 Å². The molecule has 0 spiro atoms. The molecule has 0 N–H and O–H groups in total. The van der Waals surface area contributed by atoms with Crippen LogP contribution in [-0.2, 0) is 19.1 Å². The van der Waals surface area contributed by atoms with Crippen molar-refractivity contribution in [3.8, 4) is 5.75 Å². The topological polar surface area (TPSA) is 117 Å². The number of rotatable bonds is 7. The molecular weight excluding hydrogens is 646 g/mol. The van der Waals surface area contributed by atoms with Gasteiger partial charge in [0.1, 0.15) is 5.75 Å². The van der Waals surface area contributed by atoms with E-state index in [0.717, 1.165) is 7.14 Å². The molecule has 2 aromatic rings. The SMILES string of the molecule is CCOC(=O)COc1c(I)cc(/C=C2\N=C(c3ccc(C)c([N+](=O)[O-])c3)OC2=O)cc1I. The minimum atomic E-state index is -0.657. The summed E-state index contributed by atoms with van der Waals surface area (Å²) in [5.74, 6) is -0.581. The van der Waals surface area contributed by atoms with E-state index in [9.17, 15) is 19.7 Å². The van der Waals surface area contributed by atoms with Gasteiger partial charge in [-0.3, -0.25) is 10.1 Å². The normalized spacial score (nSPS) is 14.2. The number of cyclic esters (lactones) is 1. The highest BCUT2D eigenvalue weighted by Crippen LogP contribution is 2.31. The number of esters is 2. The molecule has 0 radical (unpaired) electrons. The fourth-order valence-corrected chi connectivity index (χ4v) is 4.89. The molecule has 3 rings (SSSR count). The van der Waals surface area contributed by atoms with Crippen molar-refractivity contribution in [3.05, 3.63) is 70.0 Å². The maximum Gasteiger partial charge on any atom is 0.363 e. The molecule has 0 atom stereocenters. The third-order valence-electron chi connectivity index (χ3n) is 4.24. The van der Waals surface area contributed by atoms with E-state index in [2.05, 4.69) is 50.2 Å². The van der Waals surface area contributed by atoms with Gasteiger partial charge in [-0.25, -0.2) is 14.6 Å². The van der Waals surface area contributed by atoms with Crippen molar-refractivity contribution in [1.82, 2.24) is 0 Å². The first-order valence-corrected chi connectivity index (χ1v) is 11.4. The summed E-state index contributed by atoms with van der Waals surface area (Å²) in [4.78, 5) is 38.7. The van der Waals surface area contributed by atoms with Crippen LogP contribution in [-0.4, -0.2) is 36.0 Å². The molecule has 0 saturated heterocycles. The van der Waals surface area contributed by atoms with Crippen LogP contribution in [0.4, 0.5) is 5.69 Å². The summed E-state index contributed by atoms with van der Waals surface area (Å²) < 4.78 is 17.1. The number of hydrogen-bond donors (Lipinski definition) is 0. The van der Waals surface area contributed by atoms with Crippen molar-refractivity contribution < 1.29 is 28.7 Å². The van der Waals surface area contributed by atoms with Crippen LogP contribution in [0.1, 0.15) is 23.6 Å². The summed E-state index contributed by atoms with van der Waals surface area (Å²) in [6, 6.07) is 8.05. The molecule has 1 aliphatic heterocycles. The van der Waals surface area contributed by atoms with Crippen LogP contribution in [0, 0.1) is 24.2 Å². The van der Waals surface area contributed by atoms with Gasteiger partial charge in [0.2, 0.25) is 5.90 Å². The lowest BCUT2D eigenvalue weighted by atomic mass is 10.1. The number of aliphatic imine (C=N–C) groups is 1. The molecule has 9 nitrogen and oxygen atoms in total. The highest BCUT2D eigenvalue weighted by molar-refractivity contribution is 14.1. The van der Waals surface area contributed by atoms with Gasteiger partial charge in [-0.2, -0.15) is 0 Å². The van der Waals surface area contributed by atoms with E-state index in [1.54, 1.807) is 44.2 Å². The first-order valence-electron chi connectivity index (χ1n) is 9.25. The Hall–Kier alpha value is -2.55. The highest BCUT2D eigenvalue weighted by Gasteiger charge is 2.26. The molecule has 0 bridgehead atoms. The Morgan fingerprint density at radius 3 is 2.56 bits per heavy atom. The standard InChI is InChI=1S/C21H16I2N2O7/c1-3-30-18(26)10-31-19-14(22)6-12(7-15(19)23)8-16-21(27)32-20(24-16)13-5-4-11(2)17(9-13)25(28)29/h4-9H,3,10H2,1-2H3/b16-8-. The number of nitro benzene ring substituents is 1. The van der Waals surface area contributed by atoms with Crippen molar-refractivity contribution >= 4 is 74.8 Å². The number of nitro groups is 1. The molecule has 11 heteroatoms. The number of aryl methyl sites for hydroxylation is 1. The lowest BCUT2D eigenvalue weighted by molar-refractivity contribution is -0.385. The molecule has 0 aliphatic carbocycles. The van der Waals surface area contributed by atoms with Crippen molar-refractivity contribution in [2.75, 3.05) is 13.2 Å². The number of ether oxygens (including phenoxy) is 3. The van der Waals surface area contributed by atoms with Gasteiger partial charge in [0.15, 0.2) is 12.3 Å². The van der Waals surface area contributed by atoms with Crippen molar-refractivity contribution in [2.45, 2.75) is 13.8 Å². The number of hydrogen-bond acceptors (Lipinski definition) is 8. The van der Waals surface area contributed by atoms with Gasteiger partial charge in [-0.15, -0.1) is 0 Å². The summed E-state index contributed by atoms with van der Waals surface area (Å²) in [7, 11) is 0. The smallest absolute Gasteiger partial charge is 0.363 e. The maximum absolute atomic E-state index is 12.3. The van der Waals surface area contributed by atoms with Crippen LogP contribution in [0.15, 0.2) is 41.0 Å². The zero-order valence-corrected chi connectivity index (χ0v) is 21.2. The van der Waals surface area contributed by atoms with Gasteiger partial charge in [-0.05, 0) is 88.9 Å². The fourth-order valence-electron chi connectivity index (χ4n) is 2.76. The quantitative estimate of drug-likeness (QED) is 0.142. The van der Waals surface area contributed by atoms with E-state index >= 15 is 0 Å². The Morgan fingerprint density at radius 2 is 1.94 bits per heavy atom. The molecule has 2 aromatic carbocycles. The van der Waals surface area contributed by atoms with Gasteiger partial charge in [0.25, 0.3) is 5.69 Å². The second-order valence-electron chi connectivity index (χ2n) is 6.50. The minimum absolute atomic E-state index is 0.00290. The first-order chi connectivity index (χ1) is 15.2. The third kappa shape index (κ3) is 5.62. The molecule has 1 heterocycles. The lowest BCUT2D eigenvalue weighted by Crippen LogP contribution is -2.15. The summed E-state index contributed by atoms with van der Waals surface area (Å²) >= 11 is 4.14. The van der Waals surface area contributed by atoms with Crippen LogP contribution in [0.25, 0.3) is 6.08 Å². The average molecular weight is 662 g/mol. The number of benzene rings is 2. The minimum Gasteiger partial charge on any atom is -0.480 e.